The SMILES string of the molecule is CC(F)C(=O)N[C@H](Cc1ccccc1)C(=O)N[C@H]1CSSC[C@@H](C(=O)NC(CO)C(C)O)NC(=O)[C@H](C(C)O)NC(=O)[C@H](CCCCN)NC(=O)[C@H](Cc2c[nH]c3ccccc23)NC(=O)[C@H](Cc2ccccc2)NC1=O. The van der Waals surface area contributed by atoms with E-state index in [1.54, 1.807) is 72.9 Å². The smallest absolute Gasteiger partial charge is 0.254 e. The largest absolute Gasteiger partial charge is 0.394 e. The Balaban J connectivity index is 1.60. The number of aliphatic hydroxyl groups is 3. The molecule has 24 heteroatoms. The van der Waals surface area contributed by atoms with Crippen LogP contribution in [0.15, 0.2) is 91.1 Å². The molecule has 3 aromatic carbocycles. The Morgan fingerprint density at radius 2 is 1.29 bits per heavy atom. The van der Waals surface area contributed by atoms with E-state index in [0.29, 0.717) is 29.5 Å². The first-order chi connectivity index (χ1) is 36.4. The Hall–Kier alpha value is -6.57. The van der Waals surface area contributed by atoms with Gasteiger partial charge < -0.3 is 68.6 Å². The molecule has 1 fully saturated rings. The Bertz CT molecular complexity index is 2580. The summed E-state index contributed by atoms with van der Waals surface area (Å²) >= 11 is 0. The van der Waals surface area contributed by atoms with Gasteiger partial charge >= 0.3 is 0 Å². The number of benzene rings is 3. The monoisotopic (exact) mass is 1090 g/mol. The van der Waals surface area contributed by atoms with Gasteiger partial charge in [0.1, 0.15) is 42.3 Å². The summed E-state index contributed by atoms with van der Waals surface area (Å²) < 4.78 is 14.3. The average molecular weight is 1090 g/mol. The number of nitrogens with two attached hydrogens (primary N) is 1. The van der Waals surface area contributed by atoms with Crippen molar-refractivity contribution in [2.24, 2.45) is 5.73 Å². The highest BCUT2D eigenvalue weighted by atomic mass is 33.1. The molecule has 1 aliphatic heterocycles. The van der Waals surface area contributed by atoms with Crippen LogP contribution in [0.5, 0.6) is 0 Å². The number of hydrogen-bond donors (Lipinski definition) is 13. The minimum atomic E-state index is -2.00. The summed E-state index contributed by atoms with van der Waals surface area (Å²) in [7, 11) is 1.90. The van der Waals surface area contributed by atoms with E-state index in [-0.39, 0.29) is 43.7 Å². The summed E-state index contributed by atoms with van der Waals surface area (Å²) in [6, 6.07) is 13.0. The Kier molecular flexibility index (Phi) is 24.0. The number of para-hydroxylation sites is 1. The third-order valence-corrected chi connectivity index (χ3v) is 14.9. The van der Waals surface area contributed by atoms with E-state index < -0.39 is 121 Å². The maximum atomic E-state index is 14.8. The van der Waals surface area contributed by atoms with Gasteiger partial charge in [-0.1, -0.05) is 100 Å². The van der Waals surface area contributed by atoms with Crippen molar-refractivity contribution in [2.75, 3.05) is 24.7 Å². The van der Waals surface area contributed by atoms with Gasteiger partial charge in [-0.15, -0.1) is 0 Å². The van der Waals surface area contributed by atoms with Gasteiger partial charge in [0, 0.05) is 47.9 Å². The van der Waals surface area contributed by atoms with E-state index in [1.807, 2.05) is 18.2 Å². The van der Waals surface area contributed by atoms with Crippen molar-refractivity contribution < 1.29 is 58.1 Å². The van der Waals surface area contributed by atoms with Crippen molar-refractivity contribution in [2.45, 2.75) is 126 Å². The number of halogens is 1. The van der Waals surface area contributed by atoms with Gasteiger partial charge in [-0.05, 0) is 69.3 Å². The summed E-state index contributed by atoms with van der Waals surface area (Å²) in [6.45, 7) is 3.11. The van der Waals surface area contributed by atoms with E-state index in [4.69, 9.17) is 5.73 Å². The van der Waals surface area contributed by atoms with Crippen LogP contribution >= 0.6 is 21.6 Å². The summed E-state index contributed by atoms with van der Waals surface area (Å²) in [5.41, 5.74) is 8.33. The number of carbonyl (C=O) groups excluding carboxylic acids is 8. The van der Waals surface area contributed by atoms with Crippen LogP contribution < -0.4 is 48.3 Å². The highest BCUT2D eigenvalue weighted by Gasteiger charge is 2.37. The van der Waals surface area contributed by atoms with E-state index >= 15 is 0 Å². The van der Waals surface area contributed by atoms with Crippen molar-refractivity contribution in [3.63, 3.8) is 0 Å². The Morgan fingerprint density at radius 3 is 1.92 bits per heavy atom. The lowest BCUT2D eigenvalue weighted by Crippen LogP contribution is -2.62. The van der Waals surface area contributed by atoms with E-state index in [2.05, 4.69) is 47.5 Å². The number of hydrogen-bond acceptors (Lipinski definition) is 14. The maximum absolute atomic E-state index is 14.8. The second-order valence-corrected chi connectivity index (χ2v) is 21.1. The zero-order valence-corrected chi connectivity index (χ0v) is 44.1. The number of aliphatic hydroxyl groups excluding tert-OH is 3. The molecular weight excluding hydrogens is 1020 g/mol. The number of carbonyl (C=O) groups is 8. The van der Waals surface area contributed by atoms with Crippen LogP contribution in [-0.2, 0) is 57.6 Å². The Morgan fingerprint density at radius 1 is 0.697 bits per heavy atom. The molecule has 0 bridgehead atoms. The molecule has 0 spiro atoms. The average Bonchev–Trinajstić information content (AvgIpc) is 3.81. The molecule has 1 aliphatic rings. The predicted molar refractivity (Wildman–Crippen MR) is 287 cm³/mol. The van der Waals surface area contributed by atoms with Crippen LogP contribution in [0.1, 0.15) is 56.7 Å². The van der Waals surface area contributed by atoms with Gasteiger partial charge in [-0.25, -0.2) is 4.39 Å². The lowest BCUT2D eigenvalue weighted by Gasteiger charge is -2.29. The van der Waals surface area contributed by atoms with Crippen molar-refractivity contribution in [3.8, 4) is 0 Å². The van der Waals surface area contributed by atoms with E-state index in [9.17, 15) is 58.1 Å². The lowest BCUT2D eigenvalue weighted by atomic mass is 10.0. The number of aromatic nitrogens is 1. The number of alkyl halides is 1. The second-order valence-electron chi connectivity index (χ2n) is 18.5. The molecule has 1 saturated heterocycles. The third-order valence-electron chi connectivity index (χ3n) is 12.5. The molecule has 5 rings (SSSR count). The van der Waals surface area contributed by atoms with E-state index in [1.165, 1.54) is 13.8 Å². The van der Waals surface area contributed by atoms with E-state index in [0.717, 1.165) is 39.4 Å². The first kappa shape index (κ1) is 60.3. The van der Waals surface area contributed by atoms with Crippen LogP contribution in [0.2, 0.25) is 0 Å². The molecule has 1 aromatic heterocycles. The highest BCUT2D eigenvalue weighted by Crippen LogP contribution is 2.24. The first-order valence-electron chi connectivity index (χ1n) is 25.0. The van der Waals surface area contributed by atoms with Gasteiger partial charge in [0.25, 0.3) is 5.91 Å². The molecule has 0 aliphatic carbocycles. The number of nitrogens with one attached hydrogen (secondary N) is 9. The third kappa shape index (κ3) is 18.3. The molecular formula is C52H69FN10O11S2. The number of H-pyrrole nitrogens is 1. The minimum absolute atomic E-state index is 0.0000516. The second kappa shape index (κ2) is 30.2. The molecule has 2 heterocycles. The molecule has 412 valence electrons. The molecule has 76 heavy (non-hydrogen) atoms. The molecule has 0 radical (unpaired) electrons. The Labute approximate surface area is 447 Å². The number of amides is 8. The molecule has 4 aromatic rings. The van der Waals surface area contributed by atoms with Crippen molar-refractivity contribution in [3.05, 3.63) is 108 Å². The molecule has 21 nitrogen and oxygen atoms in total. The number of rotatable bonds is 19. The molecule has 0 saturated carbocycles. The zero-order valence-electron chi connectivity index (χ0n) is 42.5. The van der Waals surface area contributed by atoms with Crippen LogP contribution in [0, 0.1) is 0 Å². The molecule has 8 amide bonds. The minimum Gasteiger partial charge on any atom is -0.394 e. The van der Waals surface area contributed by atoms with Gasteiger partial charge in [0.15, 0.2) is 6.17 Å². The fourth-order valence-corrected chi connectivity index (χ4v) is 10.4. The van der Waals surface area contributed by atoms with Gasteiger partial charge in [0.2, 0.25) is 41.4 Å². The van der Waals surface area contributed by atoms with Gasteiger partial charge in [-0.2, -0.15) is 0 Å². The van der Waals surface area contributed by atoms with Crippen LogP contribution in [-0.4, -0.2) is 159 Å². The molecule has 4 unspecified atom stereocenters. The quantitative estimate of drug-likeness (QED) is 0.0424. The fraction of sp³-hybridized carbons (Fsp3) is 0.462. The first-order valence-corrected chi connectivity index (χ1v) is 27.5. The molecule has 14 N–H and O–H groups in total. The highest BCUT2D eigenvalue weighted by molar-refractivity contribution is 8.76. The zero-order chi connectivity index (χ0) is 55.3. The standard InChI is InChI=1S/C52H69FN10O11S2/c1-29(53)45(67)57-38(22-32-14-6-4-7-15-32)48(70)61-42-27-75-76-28-43(51(73)60-41(26-64)30(2)65)62-52(74)44(31(3)66)63-46(68)37(20-12-13-21-54)56-49(71)40(24-34-25-55-36-19-11-10-18-35(34)36)59-47(69)39(58-50(42)72)23-33-16-8-5-9-17-33/h4-11,14-19,25,29-31,37-44,55,64-66H,12-13,20-24,26-28,54H2,1-3H3,(H,56,71)(H,57,67)(H,58,72)(H,59,69)(H,60,73)(H,61,70)(H,62,74)(H,63,68)/t29?,30?,31?,37-,38+,39-,40-,41?,42-,43-,44-/m0/s1. The van der Waals surface area contributed by atoms with Gasteiger partial charge in [0.05, 0.1) is 24.9 Å². The summed E-state index contributed by atoms with van der Waals surface area (Å²) in [5, 5.41) is 52.8. The fourth-order valence-electron chi connectivity index (χ4n) is 8.11. The number of unbranched alkanes of at least 4 members (excludes halogenated alkanes) is 1. The number of fused-ring (bicyclic) bond motifs is 1. The van der Waals surface area contributed by atoms with Gasteiger partial charge in [-0.3, -0.25) is 38.4 Å². The number of aromatic amines is 1. The van der Waals surface area contributed by atoms with Crippen LogP contribution in [0.25, 0.3) is 10.9 Å². The normalized spacial score (nSPS) is 22.4. The predicted octanol–water partition coefficient (Wildman–Crippen LogP) is -0.290. The maximum Gasteiger partial charge on any atom is 0.254 e. The van der Waals surface area contributed by atoms with Crippen LogP contribution in [0.4, 0.5) is 4.39 Å². The summed E-state index contributed by atoms with van der Waals surface area (Å²) in [6.07, 6.45) is -2.74. The summed E-state index contributed by atoms with van der Waals surface area (Å²) in [4.78, 5) is 117. The summed E-state index contributed by atoms with van der Waals surface area (Å²) in [5.74, 6) is -7.88. The molecule has 11 atom stereocenters. The van der Waals surface area contributed by atoms with Crippen LogP contribution in [0.3, 0.4) is 0 Å². The van der Waals surface area contributed by atoms with Crippen molar-refractivity contribution >= 4 is 79.7 Å². The van der Waals surface area contributed by atoms with Crippen molar-refractivity contribution in [1.82, 2.24) is 47.5 Å². The topological polar surface area (TPSA) is 335 Å². The van der Waals surface area contributed by atoms with Crippen molar-refractivity contribution in [1.29, 1.82) is 0 Å². The lowest BCUT2D eigenvalue weighted by molar-refractivity contribution is -0.136.